The van der Waals surface area contributed by atoms with E-state index in [1.165, 1.54) is 45.2 Å². The molecule has 0 bridgehead atoms. The van der Waals surface area contributed by atoms with Gasteiger partial charge in [0.15, 0.2) is 0 Å². The lowest BCUT2D eigenvalue weighted by Gasteiger charge is -2.53. The Labute approximate surface area is 120 Å². The van der Waals surface area contributed by atoms with E-state index in [9.17, 15) is 0 Å². The van der Waals surface area contributed by atoms with Crippen molar-refractivity contribution in [1.29, 1.82) is 0 Å². The molecule has 0 radical (unpaired) electrons. The van der Waals surface area contributed by atoms with Crippen LogP contribution in [0, 0.1) is 0 Å². The molecule has 1 unspecified atom stereocenters. The molecule has 1 N–H and O–H groups in total. The van der Waals surface area contributed by atoms with Crippen molar-refractivity contribution < 1.29 is 4.74 Å². The molecular weight excluding hydrogens is 236 g/mol. The average Bonchev–Trinajstić information content (AvgIpc) is 2.46. The van der Waals surface area contributed by atoms with Gasteiger partial charge < -0.3 is 10.1 Å². The standard InChI is InChI=1S/C16H34N2O/c1-6-15(4)13-17-16(7-2,8-3)14-18(15)11-9-10-12-19-5/h17H,6-14H2,1-5H3. The van der Waals surface area contributed by atoms with E-state index in [0.29, 0.717) is 11.1 Å². The van der Waals surface area contributed by atoms with Crippen LogP contribution < -0.4 is 5.32 Å². The van der Waals surface area contributed by atoms with E-state index < -0.39 is 0 Å². The van der Waals surface area contributed by atoms with Gasteiger partial charge in [0, 0.05) is 37.9 Å². The van der Waals surface area contributed by atoms with Gasteiger partial charge in [0.25, 0.3) is 0 Å². The maximum absolute atomic E-state index is 5.16. The van der Waals surface area contributed by atoms with Crippen molar-refractivity contribution in [3.05, 3.63) is 0 Å². The van der Waals surface area contributed by atoms with Crippen LogP contribution in [0.3, 0.4) is 0 Å². The Morgan fingerprint density at radius 1 is 1.11 bits per heavy atom. The third-order valence-electron chi connectivity index (χ3n) is 5.24. The molecule has 1 saturated heterocycles. The largest absolute Gasteiger partial charge is 0.385 e. The van der Waals surface area contributed by atoms with Crippen LogP contribution in [0.1, 0.15) is 59.8 Å². The van der Waals surface area contributed by atoms with Crippen LogP contribution in [0.2, 0.25) is 0 Å². The molecule has 19 heavy (non-hydrogen) atoms. The van der Waals surface area contributed by atoms with Gasteiger partial charge in [-0.3, -0.25) is 4.90 Å². The van der Waals surface area contributed by atoms with Gasteiger partial charge in [-0.15, -0.1) is 0 Å². The van der Waals surface area contributed by atoms with Gasteiger partial charge in [0.1, 0.15) is 0 Å². The minimum absolute atomic E-state index is 0.320. The Kier molecular flexibility index (Phi) is 6.78. The number of ether oxygens (including phenoxy) is 1. The van der Waals surface area contributed by atoms with Gasteiger partial charge in [-0.2, -0.15) is 0 Å². The van der Waals surface area contributed by atoms with Crippen LogP contribution in [0.25, 0.3) is 0 Å². The molecule has 0 amide bonds. The second kappa shape index (κ2) is 7.61. The van der Waals surface area contributed by atoms with Gasteiger partial charge in [-0.1, -0.05) is 20.8 Å². The molecule has 3 heteroatoms. The summed E-state index contributed by atoms with van der Waals surface area (Å²) in [6.45, 7) is 13.8. The zero-order chi connectivity index (χ0) is 14.4. The van der Waals surface area contributed by atoms with Gasteiger partial charge in [-0.25, -0.2) is 0 Å². The van der Waals surface area contributed by atoms with E-state index in [1.54, 1.807) is 7.11 Å². The van der Waals surface area contributed by atoms with Gasteiger partial charge in [-0.05, 0) is 45.6 Å². The van der Waals surface area contributed by atoms with Crippen LogP contribution in [0.4, 0.5) is 0 Å². The number of nitrogens with one attached hydrogen (secondary N) is 1. The molecular formula is C16H34N2O. The molecule has 0 aliphatic carbocycles. The van der Waals surface area contributed by atoms with Crippen molar-refractivity contribution in [2.45, 2.75) is 70.9 Å². The predicted molar refractivity (Wildman–Crippen MR) is 82.7 cm³/mol. The number of hydrogen-bond donors (Lipinski definition) is 1. The van der Waals surface area contributed by atoms with Crippen molar-refractivity contribution in [2.75, 3.05) is 33.4 Å². The number of unbranched alkanes of at least 4 members (excludes halogenated alkanes) is 1. The fourth-order valence-electron chi connectivity index (χ4n) is 3.07. The van der Waals surface area contributed by atoms with E-state index in [-0.39, 0.29) is 0 Å². The normalized spacial score (nSPS) is 27.6. The molecule has 1 fully saturated rings. The molecule has 1 rings (SSSR count). The quantitative estimate of drug-likeness (QED) is 0.686. The first-order chi connectivity index (χ1) is 9.05. The third-order valence-corrected chi connectivity index (χ3v) is 5.24. The lowest BCUT2D eigenvalue weighted by atomic mass is 9.83. The lowest BCUT2D eigenvalue weighted by molar-refractivity contribution is 0.00699. The number of rotatable bonds is 8. The van der Waals surface area contributed by atoms with E-state index in [2.05, 4.69) is 37.9 Å². The van der Waals surface area contributed by atoms with Gasteiger partial charge in [0.05, 0.1) is 0 Å². The SMILES string of the molecule is CCC1(CC)CN(CCCCOC)C(C)(CC)CN1. The highest BCUT2D eigenvalue weighted by Gasteiger charge is 2.41. The van der Waals surface area contributed by atoms with Crippen molar-refractivity contribution in [3.8, 4) is 0 Å². The van der Waals surface area contributed by atoms with E-state index in [1.807, 2.05) is 0 Å². The van der Waals surface area contributed by atoms with Crippen molar-refractivity contribution in [2.24, 2.45) is 0 Å². The van der Waals surface area contributed by atoms with Gasteiger partial charge in [0.2, 0.25) is 0 Å². The van der Waals surface area contributed by atoms with E-state index in [0.717, 1.165) is 13.2 Å². The van der Waals surface area contributed by atoms with Crippen LogP contribution in [0.15, 0.2) is 0 Å². The number of hydrogen-bond acceptors (Lipinski definition) is 3. The second-order valence-electron chi connectivity index (χ2n) is 6.31. The Morgan fingerprint density at radius 2 is 1.79 bits per heavy atom. The molecule has 1 atom stereocenters. The maximum atomic E-state index is 5.16. The van der Waals surface area contributed by atoms with Crippen molar-refractivity contribution in [3.63, 3.8) is 0 Å². The summed E-state index contributed by atoms with van der Waals surface area (Å²) in [7, 11) is 1.79. The maximum Gasteiger partial charge on any atom is 0.0462 e. The summed E-state index contributed by atoms with van der Waals surface area (Å²) in [5.74, 6) is 0. The summed E-state index contributed by atoms with van der Waals surface area (Å²) in [4.78, 5) is 2.73. The molecule has 1 heterocycles. The number of nitrogens with zero attached hydrogens (tertiary/aromatic N) is 1. The molecule has 0 spiro atoms. The number of methoxy groups -OCH3 is 1. The summed E-state index contributed by atoms with van der Waals surface area (Å²) in [6.07, 6.45) is 6.07. The first kappa shape index (κ1) is 16.9. The molecule has 0 aromatic carbocycles. The molecule has 1 aliphatic rings. The van der Waals surface area contributed by atoms with Crippen molar-refractivity contribution in [1.82, 2.24) is 10.2 Å². The van der Waals surface area contributed by atoms with Gasteiger partial charge >= 0.3 is 0 Å². The highest BCUT2D eigenvalue weighted by atomic mass is 16.5. The van der Waals surface area contributed by atoms with Crippen molar-refractivity contribution >= 4 is 0 Å². The van der Waals surface area contributed by atoms with Crippen LogP contribution in [-0.2, 0) is 4.74 Å². The number of piperazine rings is 1. The molecule has 114 valence electrons. The first-order valence-corrected chi connectivity index (χ1v) is 8.05. The summed E-state index contributed by atoms with van der Waals surface area (Å²) in [5.41, 5.74) is 0.650. The fourth-order valence-corrected chi connectivity index (χ4v) is 3.07. The predicted octanol–water partition coefficient (Wildman–Crippen LogP) is 3.05. The average molecular weight is 270 g/mol. The highest BCUT2D eigenvalue weighted by molar-refractivity contribution is 5.02. The lowest BCUT2D eigenvalue weighted by Crippen LogP contribution is -2.68. The summed E-state index contributed by atoms with van der Waals surface area (Å²) in [5, 5.41) is 3.84. The molecule has 0 saturated carbocycles. The Hall–Kier alpha value is -0.120. The van der Waals surface area contributed by atoms with Crippen LogP contribution in [0.5, 0.6) is 0 Å². The first-order valence-electron chi connectivity index (χ1n) is 8.05. The fraction of sp³-hybridized carbons (Fsp3) is 1.00. The van der Waals surface area contributed by atoms with Crippen LogP contribution >= 0.6 is 0 Å². The smallest absolute Gasteiger partial charge is 0.0462 e. The zero-order valence-electron chi connectivity index (χ0n) is 13.7. The van der Waals surface area contributed by atoms with E-state index >= 15 is 0 Å². The van der Waals surface area contributed by atoms with E-state index in [4.69, 9.17) is 4.74 Å². The van der Waals surface area contributed by atoms with Crippen LogP contribution in [-0.4, -0.2) is 49.3 Å². The molecule has 3 nitrogen and oxygen atoms in total. The molecule has 1 aliphatic heterocycles. The summed E-state index contributed by atoms with van der Waals surface area (Å²) < 4.78 is 5.16. The minimum Gasteiger partial charge on any atom is -0.385 e. The summed E-state index contributed by atoms with van der Waals surface area (Å²) >= 11 is 0. The third kappa shape index (κ3) is 4.17. The monoisotopic (exact) mass is 270 g/mol. The zero-order valence-corrected chi connectivity index (χ0v) is 13.7. The topological polar surface area (TPSA) is 24.5 Å². The molecule has 0 aromatic heterocycles. The highest BCUT2D eigenvalue weighted by Crippen LogP contribution is 2.30. The Balaban J connectivity index is 2.63. The minimum atomic E-state index is 0.320. The second-order valence-corrected chi connectivity index (χ2v) is 6.31. The molecule has 0 aromatic rings. The Morgan fingerprint density at radius 3 is 2.32 bits per heavy atom. The summed E-state index contributed by atoms with van der Waals surface area (Å²) in [6, 6.07) is 0. The Bertz CT molecular complexity index is 253.